The fourth-order valence-corrected chi connectivity index (χ4v) is 5.93. The van der Waals surface area contributed by atoms with Crippen LogP contribution in [0, 0.1) is 0 Å². The van der Waals surface area contributed by atoms with Crippen molar-refractivity contribution < 1.29 is 28.5 Å². The highest BCUT2D eigenvalue weighted by Crippen LogP contribution is 2.33. The van der Waals surface area contributed by atoms with Crippen molar-refractivity contribution in [3.05, 3.63) is 115 Å². The fourth-order valence-electron chi connectivity index (χ4n) is 4.90. The van der Waals surface area contributed by atoms with Crippen LogP contribution >= 0.6 is 11.3 Å². The molecule has 0 fully saturated rings. The first kappa shape index (κ1) is 30.3. The average Bonchev–Trinajstić information content (AvgIpc) is 3.33. The second-order valence-corrected chi connectivity index (χ2v) is 10.7. The number of rotatable bonds is 10. The Bertz CT molecular complexity index is 1910. The number of carbonyl (C=O) groups is 2. The van der Waals surface area contributed by atoms with Gasteiger partial charge >= 0.3 is 5.97 Å². The molecule has 0 saturated carbocycles. The zero-order valence-electron chi connectivity index (χ0n) is 24.7. The predicted octanol–water partition coefficient (Wildman–Crippen LogP) is 3.83. The van der Waals surface area contributed by atoms with Gasteiger partial charge in [0.05, 0.1) is 42.7 Å². The number of methoxy groups -OCH3 is 2. The van der Waals surface area contributed by atoms with Gasteiger partial charge in [0.15, 0.2) is 22.9 Å². The van der Waals surface area contributed by atoms with Gasteiger partial charge in [0.2, 0.25) is 0 Å². The van der Waals surface area contributed by atoms with Crippen LogP contribution in [0.15, 0.2) is 93.9 Å². The Labute approximate surface area is 257 Å². The summed E-state index contributed by atoms with van der Waals surface area (Å²) in [5.74, 6) is 0.362. The van der Waals surface area contributed by atoms with Crippen molar-refractivity contribution in [2.24, 2.45) is 4.99 Å². The highest BCUT2D eigenvalue weighted by atomic mass is 32.1. The quantitative estimate of drug-likeness (QED) is 0.270. The van der Waals surface area contributed by atoms with Gasteiger partial charge in [-0.1, -0.05) is 53.8 Å². The van der Waals surface area contributed by atoms with E-state index in [1.165, 1.54) is 23.0 Å². The SMILES string of the molecule is CCOC(=O)COc1c(/C=c2\sc3n(c2=O)[C@@H](c2cccc(OC)c2)C(C(=O)Nc2ccccc2)=C(C)N=3)cccc1OC. The Hall–Kier alpha value is -5.16. The van der Waals surface area contributed by atoms with Crippen molar-refractivity contribution in [3.63, 3.8) is 0 Å². The molecule has 11 heteroatoms. The van der Waals surface area contributed by atoms with Crippen molar-refractivity contribution in [2.45, 2.75) is 19.9 Å². The molecule has 2 heterocycles. The maximum Gasteiger partial charge on any atom is 0.344 e. The van der Waals surface area contributed by atoms with Crippen LogP contribution in [0.2, 0.25) is 0 Å². The van der Waals surface area contributed by atoms with E-state index in [4.69, 9.17) is 23.9 Å². The molecule has 5 rings (SSSR count). The lowest BCUT2D eigenvalue weighted by Gasteiger charge is -2.25. The molecule has 1 aromatic heterocycles. The molecule has 1 aliphatic rings. The van der Waals surface area contributed by atoms with Gasteiger partial charge in [-0.2, -0.15) is 0 Å². The number of nitrogens with one attached hydrogen (secondary N) is 1. The summed E-state index contributed by atoms with van der Waals surface area (Å²) in [4.78, 5) is 45.1. The van der Waals surface area contributed by atoms with E-state index in [1.54, 1.807) is 69.5 Å². The van der Waals surface area contributed by atoms with Gasteiger partial charge in [-0.05, 0) is 55.8 Å². The van der Waals surface area contributed by atoms with Crippen LogP contribution < -0.4 is 34.4 Å². The third kappa shape index (κ3) is 6.28. The Kier molecular flexibility index (Phi) is 9.25. The standard InChI is InChI=1S/C33H31N3O7S/c1-5-42-27(37)19-43-30-22(12-10-16-25(30)41-4)18-26-32(39)36-29(21-11-9-15-24(17-21)40-3)28(20(2)34-33(36)44-26)31(38)35-23-13-7-6-8-14-23/h6-18,29H,5,19H2,1-4H3,(H,35,38)/b26-18-/t29-/m0/s1. The maximum atomic E-state index is 14.2. The fraction of sp³-hybridized carbons (Fsp3) is 0.212. The van der Waals surface area contributed by atoms with Crippen molar-refractivity contribution in [3.8, 4) is 17.2 Å². The van der Waals surface area contributed by atoms with Gasteiger partial charge in [0, 0.05) is 11.3 Å². The van der Waals surface area contributed by atoms with Crippen LogP contribution in [0.3, 0.4) is 0 Å². The number of fused-ring (bicyclic) bond motifs is 1. The molecule has 1 atom stereocenters. The van der Waals surface area contributed by atoms with Gasteiger partial charge in [-0.15, -0.1) is 0 Å². The number of aromatic nitrogens is 1. The molecule has 0 saturated heterocycles. The molecule has 3 aromatic carbocycles. The van der Waals surface area contributed by atoms with Crippen molar-refractivity contribution in [1.29, 1.82) is 0 Å². The Morgan fingerprint density at radius 3 is 2.52 bits per heavy atom. The van der Waals surface area contributed by atoms with E-state index in [0.29, 0.717) is 48.9 Å². The minimum Gasteiger partial charge on any atom is -0.497 e. The van der Waals surface area contributed by atoms with E-state index in [-0.39, 0.29) is 30.4 Å². The molecule has 44 heavy (non-hydrogen) atoms. The molecule has 226 valence electrons. The van der Waals surface area contributed by atoms with Crippen LogP contribution in [-0.2, 0) is 14.3 Å². The zero-order valence-corrected chi connectivity index (χ0v) is 25.5. The summed E-state index contributed by atoms with van der Waals surface area (Å²) in [7, 11) is 3.05. The first-order chi connectivity index (χ1) is 21.3. The van der Waals surface area contributed by atoms with E-state index in [0.717, 1.165) is 0 Å². The summed E-state index contributed by atoms with van der Waals surface area (Å²) in [6.07, 6.45) is 1.67. The number of allylic oxidation sites excluding steroid dienone is 1. The van der Waals surface area contributed by atoms with Crippen LogP contribution in [0.1, 0.15) is 31.0 Å². The number of benzene rings is 3. The number of para-hydroxylation sites is 2. The second-order valence-electron chi connectivity index (χ2n) is 9.65. The van der Waals surface area contributed by atoms with E-state index in [9.17, 15) is 14.4 Å². The summed E-state index contributed by atoms with van der Waals surface area (Å²) >= 11 is 1.18. The van der Waals surface area contributed by atoms with Gasteiger partial charge in [-0.25, -0.2) is 9.79 Å². The molecule has 0 radical (unpaired) electrons. The van der Waals surface area contributed by atoms with Crippen molar-refractivity contribution in [2.75, 3.05) is 32.8 Å². The Morgan fingerprint density at radius 2 is 1.80 bits per heavy atom. The molecule has 0 bridgehead atoms. The van der Waals surface area contributed by atoms with Crippen molar-refractivity contribution in [1.82, 2.24) is 4.57 Å². The number of esters is 1. The van der Waals surface area contributed by atoms with E-state index in [1.807, 2.05) is 30.3 Å². The van der Waals surface area contributed by atoms with Crippen LogP contribution in [-0.4, -0.2) is 43.9 Å². The molecule has 0 aliphatic carbocycles. The third-order valence-electron chi connectivity index (χ3n) is 6.86. The zero-order chi connectivity index (χ0) is 31.2. The highest BCUT2D eigenvalue weighted by molar-refractivity contribution is 7.07. The highest BCUT2D eigenvalue weighted by Gasteiger charge is 2.33. The molecule has 1 aliphatic heterocycles. The van der Waals surface area contributed by atoms with E-state index < -0.39 is 12.0 Å². The summed E-state index contributed by atoms with van der Waals surface area (Å²) in [5, 5.41) is 2.94. The molecule has 0 spiro atoms. The number of nitrogens with zero attached hydrogens (tertiary/aromatic N) is 2. The number of amides is 1. The molecule has 4 aromatic rings. The van der Waals surface area contributed by atoms with Gasteiger partial charge < -0.3 is 24.3 Å². The summed E-state index contributed by atoms with van der Waals surface area (Å²) in [6.45, 7) is 3.36. The first-order valence-electron chi connectivity index (χ1n) is 13.8. The number of hydrogen-bond donors (Lipinski definition) is 1. The minimum atomic E-state index is -0.781. The van der Waals surface area contributed by atoms with Crippen LogP contribution in [0.25, 0.3) is 6.08 Å². The monoisotopic (exact) mass is 613 g/mol. The molecule has 10 nitrogen and oxygen atoms in total. The number of carbonyl (C=O) groups excluding carboxylic acids is 2. The lowest BCUT2D eigenvalue weighted by molar-refractivity contribution is -0.145. The topological polar surface area (TPSA) is 117 Å². The molecule has 1 N–H and O–H groups in total. The number of anilines is 1. The first-order valence-corrected chi connectivity index (χ1v) is 14.6. The molecule has 1 amide bonds. The summed E-state index contributed by atoms with van der Waals surface area (Å²) < 4.78 is 23.6. The number of ether oxygens (including phenoxy) is 4. The molecular formula is C33H31N3O7S. The smallest absolute Gasteiger partial charge is 0.344 e. The van der Waals surface area contributed by atoms with Crippen molar-refractivity contribution >= 4 is 35.0 Å². The third-order valence-corrected chi connectivity index (χ3v) is 7.85. The van der Waals surface area contributed by atoms with Gasteiger partial charge in [0.25, 0.3) is 11.5 Å². The minimum absolute atomic E-state index is 0.224. The molecular weight excluding hydrogens is 582 g/mol. The average molecular weight is 614 g/mol. The number of thiazole rings is 1. The Morgan fingerprint density at radius 1 is 1.02 bits per heavy atom. The van der Waals surface area contributed by atoms with Crippen LogP contribution in [0.4, 0.5) is 5.69 Å². The maximum absolute atomic E-state index is 14.2. The van der Waals surface area contributed by atoms with E-state index in [2.05, 4.69) is 5.32 Å². The predicted molar refractivity (Wildman–Crippen MR) is 167 cm³/mol. The van der Waals surface area contributed by atoms with Crippen LogP contribution in [0.5, 0.6) is 17.2 Å². The van der Waals surface area contributed by atoms with E-state index >= 15 is 0 Å². The van der Waals surface area contributed by atoms with Gasteiger partial charge in [-0.3, -0.25) is 14.2 Å². The summed E-state index contributed by atoms with van der Waals surface area (Å²) in [6, 6.07) is 20.8. The lowest BCUT2D eigenvalue weighted by Crippen LogP contribution is -2.40. The molecule has 0 unspecified atom stereocenters. The largest absolute Gasteiger partial charge is 0.497 e. The summed E-state index contributed by atoms with van der Waals surface area (Å²) in [5.41, 5.74) is 2.30. The van der Waals surface area contributed by atoms with Gasteiger partial charge in [0.1, 0.15) is 5.75 Å². The number of hydrogen-bond acceptors (Lipinski definition) is 9. The normalized spacial score (nSPS) is 14.4. The Balaban J connectivity index is 1.65. The lowest BCUT2D eigenvalue weighted by atomic mass is 9.95. The second kappa shape index (κ2) is 13.4.